The second kappa shape index (κ2) is 6.13. The van der Waals surface area contributed by atoms with Crippen LogP contribution < -0.4 is 0 Å². The average Bonchev–Trinajstić information content (AvgIpc) is 1.97. The lowest BCUT2D eigenvalue weighted by Crippen LogP contribution is -2.17. The number of ether oxygens (including phenoxy) is 1. The molecule has 1 atom stereocenters. The maximum Gasteiger partial charge on any atom is 0.0846 e. The van der Waals surface area contributed by atoms with E-state index in [0.29, 0.717) is 13.0 Å². The number of hydrogen-bond donors (Lipinski definition) is 1. The normalized spacial score (nSPS) is 12.5. The summed E-state index contributed by atoms with van der Waals surface area (Å²) in [7, 11) is 0. The molecule has 11 heavy (non-hydrogen) atoms. The van der Waals surface area contributed by atoms with Crippen molar-refractivity contribution in [3.8, 4) is 0 Å². The Balaban J connectivity index is 3.57. The quantitative estimate of drug-likeness (QED) is 0.591. The summed E-state index contributed by atoms with van der Waals surface area (Å²) in [5, 5.41) is 8.80. The number of rotatable bonds is 6. The van der Waals surface area contributed by atoms with Crippen molar-refractivity contribution in [2.24, 2.45) is 0 Å². The maximum atomic E-state index is 8.80. The van der Waals surface area contributed by atoms with Crippen molar-refractivity contribution < 1.29 is 9.84 Å². The first kappa shape index (κ1) is 10.4. The van der Waals surface area contributed by atoms with Crippen molar-refractivity contribution in [1.82, 2.24) is 0 Å². The van der Waals surface area contributed by atoms with E-state index in [1.165, 1.54) is 0 Å². The van der Waals surface area contributed by atoms with Crippen molar-refractivity contribution in [3.05, 3.63) is 24.8 Å². The summed E-state index contributed by atoms with van der Waals surface area (Å²) in [5.41, 5.74) is 1.02. The van der Waals surface area contributed by atoms with Crippen LogP contribution in [-0.2, 0) is 4.74 Å². The SMILES string of the molecule is C=CCO[C@H](CO)CC(=C)C. The topological polar surface area (TPSA) is 29.5 Å². The molecule has 0 aliphatic carbocycles. The summed E-state index contributed by atoms with van der Waals surface area (Å²) in [5.74, 6) is 0. The molecule has 0 radical (unpaired) electrons. The first-order valence-corrected chi connectivity index (χ1v) is 3.68. The third kappa shape index (κ3) is 5.83. The Labute approximate surface area is 68.2 Å². The van der Waals surface area contributed by atoms with Gasteiger partial charge in [-0.3, -0.25) is 0 Å². The van der Waals surface area contributed by atoms with E-state index in [2.05, 4.69) is 13.2 Å². The molecule has 0 heterocycles. The minimum atomic E-state index is -0.120. The monoisotopic (exact) mass is 156 g/mol. The highest BCUT2D eigenvalue weighted by atomic mass is 16.5. The molecule has 0 amide bonds. The van der Waals surface area contributed by atoms with Crippen molar-refractivity contribution >= 4 is 0 Å². The largest absolute Gasteiger partial charge is 0.394 e. The molecule has 0 aromatic carbocycles. The van der Waals surface area contributed by atoms with Crippen LogP contribution in [0.4, 0.5) is 0 Å². The summed E-state index contributed by atoms with van der Waals surface area (Å²) in [4.78, 5) is 0. The van der Waals surface area contributed by atoms with Crippen LogP contribution in [0, 0.1) is 0 Å². The lowest BCUT2D eigenvalue weighted by molar-refractivity contribution is 0.0292. The van der Waals surface area contributed by atoms with Gasteiger partial charge >= 0.3 is 0 Å². The van der Waals surface area contributed by atoms with Gasteiger partial charge in [0.15, 0.2) is 0 Å². The zero-order valence-corrected chi connectivity index (χ0v) is 7.05. The molecule has 0 bridgehead atoms. The molecule has 0 rings (SSSR count). The van der Waals surface area contributed by atoms with Crippen molar-refractivity contribution in [2.75, 3.05) is 13.2 Å². The van der Waals surface area contributed by atoms with Crippen molar-refractivity contribution in [3.63, 3.8) is 0 Å². The summed E-state index contributed by atoms with van der Waals surface area (Å²) < 4.78 is 5.22. The van der Waals surface area contributed by atoms with E-state index in [1.807, 2.05) is 6.92 Å². The van der Waals surface area contributed by atoms with E-state index >= 15 is 0 Å². The molecule has 2 nitrogen and oxygen atoms in total. The van der Waals surface area contributed by atoms with Gasteiger partial charge in [-0.2, -0.15) is 0 Å². The second-order valence-corrected chi connectivity index (χ2v) is 2.59. The first-order chi connectivity index (χ1) is 5.20. The number of hydrogen-bond acceptors (Lipinski definition) is 2. The van der Waals surface area contributed by atoms with Gasteiger partial charge in [0.2, 0.25) is 0 Å². The summed E-state index contributed by atoms with van der Waals surface area (Å²) in [6, 6.07) is 0. The van der Waals surface area contributed by atoms with Crippen LogP contribution in [-0.4, -0.2) is 24.4 Å². The molecule has 64 valence electrons. The predicted octanol–water partition coefficient (Wildman–Crippen LogP) is 1.52. The molecule has 0 spiro atoms. The van der Waals surface area contributed by atoms with Gasteiger partial charge in [0.05, 0.1) is 19.3 Å². The van der Waals surface area contributed by atoms with Crippen LogP contribution in [0.3, 0.4) is 0 Å². The second-order valence-electron chi connectivity index (χ2n) is 2.59. The molecular weight excluding hydrogens is 140 g/mol. The Kier molecular flexibility index (Phi) is 5.80. The Morgan fingerprint density at radius 3 is 2.73 bits per heavy atom. The van der Waals surface area contributed by atoms with Crippen LogP contribution in [0.5, 0.6) is 0 Å². The van der Waals surface area contributed by atoms with Crippen molar-refractivity contribution in [2.45, 2.75) is 19.4 Å². The fraction of sp³-hybridized carbons (Fsp3) is 0.556. The number of aliphatic hydroxyl groups excluding tert-OH is 1. The van der Waals surface area contributed by atoms with Gasteiger partial charge in [-0.15, -0.1) is 13.2 Å². The van der Waals surface area contributed by atoms with Gasteiger partial charge in [-0.05, 0) is 13.3 Å². The third-order valence-electron chi connectivity index (χ3n) is 1.23. The van der Waals surface area contributed by atoms with Crippen molar-refractivity contribution in [1.29, 1.82) is 0 Å². The molecule has 0 fully saturated rings. The van der Waals surface area contributed by atoms with Crippen LogP contribution in [0.2, 0.25) is 0 Å². The molecule has 0 aliphatic rings. The summed E-state index contributed by atoms with van der Waals surface area (Å²) in [6.45, 7) is 9.69. The standard InChI is InChI=1S/C9H16O2/c1-4-5-11-9(7-10)6-8(2)3/h4,9-10H,1-2,5-7H2,3H3/t9-/m0/s1. The van der Waals surface area contributed by atoms with Crippen LogP contribution in [0.1, 0.15) is 13.3 Å². The van der Waals surface area contributed by atoms with Crippen LogP contribution >= 0.6 is 0 Å². The zero-order valence-electron chi connectivity index (χ0n) is 7.05. The van der Waals surface area contributed by atoms with Crippen LogP contribution in [0.25, 0.3) is 0 Å². The van der Waals surface area contributed by atoms with E-state index < -0.39 is 0 Å². The minimum Gasteiger partial charge on any atom is -0.394 e. The van der Waals surface area contributed by atoms with E-state index in [4.69, 9.17) is 9.84 Å². The predicted molar refractivity (Wildman–Crippen MR) is 46.5 cm³/mol. The van der Waals surface area contributed by atoms with Gasteiger partial charge in [0.1, 0.15) is 0 Å². The minimum absolute atomic E-state index is 0.0424. The maximum absolute atomic E-state index is 8.80. The van der Waals surface area contributed by atoms with Gasteiger partial charge in [0, 0.05) is 0 Å². The Morgan fingerprint density at radius 1 is 1.73 bits per heavy atom. The van der Waals surface area contributed by atoms with Gasteiger partial charge in [0.25, 0.3) is 0 Å². The average molecular weight is 156 g/mol. The molecule has 0 saturated carbocycles. The summed E-state index contributed by atoms with van der Waals surface area (Å²) >= 11 is 0. The van der Waals surface area contributed by atoms with Gasteiger partial charge in [-0.25, -0.2) is 0 Å². The molecule has 0 aliphatic heterocycles. The molecule has 0 saturated heterocycles. The lowest BCUT2D eigenvalue weighted by Gasteiger charge is -2.13. The molecule has 0 aromatic heterocycles. The highest BCUT2D eigenvalue weighted by Crippen LogP contribution is 2.04. The molecule has 0 unspecified atom stereocenters. The van der Waals surface area contributed by atoms with Gasteiger partial charge in [-0.1, -0.05) is 11.6 Å². The fourth-order valence-corrected chi connectivity index (χ4v) is 0.769. The van der Waals surface area contributed by atoms with Crippen LogP contribution in [0.15, 0.2) is 24.8 Å². The first-order valence-electron chi connectivity index (χ1n) is 3.68. The molecule has 2 heteroatoms. The van der Waals surface area contributed by atoms with E-state index in [9.17, 15) is 0 Å². The highest BCUT2D eigenvalue weighted by Gasteiger charge is 2.05. The third-order valence-corrected chi connectivity index (χ3v) is 1.23. The zero-order chi connectivity index (χ0) is 8.69. The summed E-state index contributed by atoms with van der Waals surface area (Å²) in [6.07, 6.45) is 2.26. The van der Waals surface area contributed by atoms with E-state index in [-0.39, 0.29) is 12.7 Å². The molecule has 1 N–H and O–H groups in total. The Hall–Kier alpha value is -0.600. The van der Waals surface area contributed by atoms with Gasteiger partial charge < -0.3 is 9.84 Å². The molecule has 0 aromatic rings. The fourth-order valence-electron chi connectivity index (χ4n) is 0.769. The number of aliphatic hydroxyl groups is 1. The lowest BCUT2D eigenvalue weighted by atomic mass is 10.1. The Morgan fingerprint density at radius 2 is 2.36 bits per heavy atom. The van der Waals surface area contributed by atoms with E-state index in [1.54, 1.807) is 6.08 Å². The molecular formula is C9H16O2. The Bertz CT molecular complexity index is 130. The smallest absolute Gasteiger partial charge is 0.0846 e. The van der Waals surface area contributed by atoms with E-state index in [0.717, 1.165) is 5.57 Å². The highest BCUT2D eigenvalue weighted by molar-refractivity contribution is 4.91.